The van der Waals surface area contributed by atoms with Crippen molar-refractivity contribution >= 4 is 0 Å². The second-order valence-electron chi connectivity index (χ2n) is 5.50. The molecule has 2 N–H and O–H groups in total. The summed E-state index contributed by atoms with van der Waals surface area (Å²) < 4.78 is 13.6. The Morgan fingerprint density at radius 2 is 1.95 bits per heavy atom. The van der Waals surface area contributed by atoms with Gasteiger partial charge in [-0.15, -0.1) is 0 Å². The third-order valence-corrected chi connectivity index (χ3v) is 3.76. The van der Waals surface area contributed by atoms with Gasteiger partial charge >= 0.3 is 0 Å². The van der Waals surface area contributed by atoms with E-state index in [9.17, 15) is 4.39 Å². The smallest absolute Gasteiger partial charge is 0.124 e. The molecule has 0 amide bonds. The largest absolute Gasteiger partial charge is 0.320 e. The number of hydrogen-bond acceptors (Lipinski definition) is 2. The molecule has 0 aromatic heterocycles. The Labute approximate surface area is 114 Å². The molecule has 1 fully saturated rings. The van der Waals surface area contributed by atoms with Crippen LogP contribution in [0.4, 0.5) is 4.39 Å². The number of benzene rings is 1. The Balaban J connectivity index is 2.10. The molecule has 0 saturated carbocycles. The molecule has 3 heteroatoms. The number of rotatable bonds is 2. The molecule has 2 atom stereocenters. The van der Waals surface area contributed by atoms with Gasteiger partial charge in [0.05, 0.1) is 6.54 Å². The van der Waals surface area contributed by atoms with E-state index in [0.717, 1.165) is 25.2 Å². The van der Waals surface area contributed by atoms with Crippen LogP contribution in [0.1, 0.15) is 25.0 Å². The highest BCUT2D eigenvalue weighted by Crippen LogP contribution is 2.24. The first-order chi connectivity index (χ1) is 9.08. The van der Waals surface area contributed by atoms with Crippen molar-refractivity contribution < 1.29 is 4.39 Å². The Morgan fingerprint density at radius 1 is 1.26 bits per heavy atom. The molecular formula is C16H21FN2. The highest BCUT2D eigenvalue weighted by atomic mass is 19.1. The molecule has 102 valence electrons. The van der Waals surface area contributed by atoms with Gasteiger partial charge in [-0.3, -0.25) is 4.90 Å². The van der Waals surface area contributed by atoms with E-state index in [2.05, 4.69) is 30.6 Å². The van der Waals surface area contributed by atoms with Crippen molar-refractivity contribution in [2.75, 3.05) is 19.6 Å². The molecule has 1 aromatic carbocycles. The molecule has 0 bridgehead atoms. The fourth-order valence-electron chi connectivity index (χ4n) is 2.60. The Hall–Kier alpha value is -1.37. The first kappa shape index (κ1) is 14.0. The van der Waals surface area contributed by atoms with Gasteiger partial charge in [0, 0.05) is 25.2 Å². The van der Waals surface area contributed by atoms with Crippen LogP contribution in [0, 0.1) is 29.5 Å². The van der Waals surface area contributed by atoms with E-state index >= 15 is 0 Å². The molecule has 1 aliphatic rings. The number of nitrogens with two attached hydrogens (primary N) is 1. The maximum Gasteiger partial charge on any atom is 0.124 e. The van der Waals surface area contributed by atoms with Gasteiger partial charge in [-0.25, -0.2) is 4.39 Å². The first-order valence-corrected chi connectivity index (χ1v) is 6.79. The van der Waals surface area contributed by atoms with Crippen LogP contribution in [0.5, 0.6) is 0 Å². The summed E-state index contributed by atoms with van der Waals surface area (Å²) in [7, 11) is 0. The minimum absolute atomic E-state index is 0.223. The average molecular weight is 260 g/mol. The third kappa shape index (κ3) is 3.79. The molecule has 0 aliphatic carbocycles. The Kier molecular flexibility index (Phi) is 4.57. The minimum atomic E-state index is -0.223. The topological polar surface area (TPSA) is 29.3 Å². The van der Waals surface area contributed by atoms with Gasteiger partial charge in [0.2, 0.25) is 0 Å². The van der Waals surface area contributed by atoms with Gasteiger partial charge in [0.15, 0.2) is 0 Å². The summed E-state index contributed by atoms with van der Waals surface area (Å²) in [5, 5.41) is 0. The van der Waals surface area contributed by atoms with Crippen molar-refractivity contribution in [1.29, 1.82) is 0 Å². The second kappa shape index (κ2) is 6.18. The summed E-state index contributed by atoms with van der Waals surface area (Å²) in [5.74, 6) is 6.86. The summed E-state index contributed by atoms with van der Waals surface area (Å²) in [6.45, 7) is 7.81. The molecule has 1 aliphatic heterocycles. The van der Waals surface area contributed by atoms with E-state index in [4.69, 9.17) is 5.73 Å². The Morgan fingerprint density at radius 3 is 2.58 bits per heavy atom. The molecular weight excluding hydrogens is 239 g/mol. The number of hydrogen-bond donors (Lipinski definition) is 1. The maximum absolute atomic E-state index is 13.6. The number of nitrogens with zero attached hydrogens (tertiary/aromatic N) is 1. The van der Waals surface area contributed by atoms with Crippen LogP contribution in [0.2, 0.25) is 0 Å². The molecule has 1 saturated heterocycles. The normalized spacial score (nSPS) is 23.2. The van der Waals surface area contributed by atoms with Crippen molar-refractivity contribution in [2.45, 2.75) is 20.4 Å². The lowest BCUT2D eigenvalue weighted by atomic mass is 10.0. The third-order valence-electron chi connectivity index (χ3n) is 3.76. The zero-order valence-electron chi connectivity index (χ0n) is 11.6. The average Bonchev–Trinajstić information content (AvgIpc) is 2.65. The lowest BCUT2D eigenvalue weighted by Crippen LogP contribution is -2.20. The molecule has 2 rings (SSSR count). The predicted octanol–water partition coefficient (Wildman–Crippen LogP) is 2.22. The molecule has 2 unspecified atom stereocenters. The van der Waals surface area contributed by atoms with E-state index in [1.54, 1.807) is 6.07 Å². The van der Waals surface area contributed by atoms with Crippen LogP contribution in [-0.4, -0.2) is 24.5 Å². The van der Waals surface area contributed by atoms with Gasteiger partial charge in [-0.05, 0) is 35.6 Å². The van der Waals surface area contributed by atoms with Crippen LogP contribution < -0.4 is 5.73 Å². The summed E-state index contributed by atoms with van der Waals surface area (Å²) in [6, 6.07) is 5.02. The second-order valence-corrected chi connectivity index (χ2v) is 5.50. The molecule has 0 spiro atoms. The van der Waals surface area contributed by atoms with Crippen molar-refractivity contribution in [3.05, 3.63) is 35.1 Å². The van der Waals surface area contributed by atoms with Crippen molar-refractivity contribution in [3.63, 3.8) is 0 Å². The molecule has 0 radical (unpaired) electrons. The molecule has 19 heavy (non-hydrogen) atoms. The number of halogens is 1. The molecule has 1 aromatic rings. The Bertz CT molecular complexity index is 491. The van der Waals surface area contributed by atoms with Crippen LogP contribution in [0.3, 0.4) is 0 Å². The van der Waals surface area contributed by atoms with Gasteiger partial charge in [-0.1, -0.05) is 25.7 Å². The fourth-order valence-corrected chi connectivity index (χ4v) is 2.60. The summed E-state index contributed by atoms with van der Waals surface area (Å²) >= 11 is 0. The SMILES string of the molecule is CC1CN(Cc2cc(F)cc(C#CCN)c2)CC1C. The minimum Gasteiger partial charge on any atom is -0.320 e. The van der Waals surface area contributed by atoms with E-state index in [-0.39, 0.29) is 5.82 Å². The van der Waals surface area contributed by atoms with E-state index in [0.29, 0.717) is 23.9 Å². The lowest BCUT2D eigenvalue weighted by Gasteiger charge is -2.15. The van der Waals surface area contributed by atoms with Gasteiger partial charge in [0.25, 0.3) is 0 Å². The fraction of sp³-hybridized carbons (Fsp3) is 0.500. The van der Waals surface area contributed by atoms with Gasteiger partial charge < -0.3 is 5.73 Å². The maximum atomic E-state index is 13.6. The van der Waals surface area contributed by atoms with Crippen LogP contribution in [0.15, 0.2) is 18.2 Å². The number of likely N-dealkylation sites (tertiary alicyclic amines) is 1. The monoisotopic (exact) mass is 260 g/mol. The summed E-state index contributed by atoms with van der Waals surface area (Å²) in [4.78, 5) is 2.38. The summed E-state index contributed by atoms with van der Waals surface area (Å²) in [5.41, 5.74) is 7.04. The van der Waals surface area contributed by atoms with E-state index < -0.39 is 0 Å². The van der Waals surface area contributed by atoms with Crippen molar-refractivity contribution in [3.8, 4) is 11.8 Å². The zero-order chi connectivity index (χ0) is 13.8. The molecule has 1 heterocycles. The first-order valence-electron chi connectivity index (χ1n) is 6.79. The highest BCUT2D eigenvalue weighted by Gasteiger charge is 2.25. The predicted molar refractivity (Wildman–Crippen MR) is 75.9 cm³/mol. The van der Waals surface area contributed by atoms with E-state index in [1.807, 2.05) is 6.07 Å². The standard InChI is InChI=1S/C16H21FN2/c1-12-9-19(10-13(12)2)11-15-6-14(4-3-5-18)7-16(17)8-15/h6-8,12-13H,5,9-11,18H2,1-2H3. The summed E-state index contributed by atoms with van der Waals surface area (Å²) in [6.07, 6.45) is 0. The van der Waals surface area contributed by atoms with Gasteiger partial charge in [0.1, 0.15) is 5.82 Å². The van der Waals surface area contributed by atoms with Crippen molar-refractivity contribution in [1.82, 2.24) is 4.90 Å². The quantitative estimate of drug-likeness (QED) is 0.826. The van der Waals surface area contributed by atoms with Crippen molar-refractivity contribution in [2.24, 2.45) is 17.6 Å². The van der Waals surface area contributed by atoms with E-state index in [1.165, 1.54) is 6.07 Å². The molecule has 2 nitrogen and oxygen atoms in total. The zero-order valence-corrected chi connectivity index (χ0v) is 11.6. The highest BCUT2D eigenvalue weighted by molar-refractivity contribution is 5.38. The van der Waals surface area contributed by atoms with Gasteiger partial charge in [-0.2, -0.15) is 0 Å². The lowest BCUT2D eigenvalue weighted by molar-refractivity contribution is 0.315. The van der Waals surface area contributed by atoms with Crippen LogP contribution in [0.25, 0.3) is 0 Å². The van der Waals surface area contributed by atoms with Crippen LogP contribution in [-0.2, 0) is 6.54 Å². The van der Waals surface area contributed by atoms with Crippen LogP contribution >= 0.6 is 0 Å².